The van der Waals surface area contributed by atoms with Crippen molar-refractivity contribution in [3.05, 3.63) is 94.1 Å². The zero-order chi connectivity index (χ0) is 27.3. The molecule has 38 heavy (non-hydrogen) atoms. The summed E-state index contributed by atoms with van der Waals surface area (Å²) in [6.45, 7) is 7.49. The zero-order valence-corrected chi connectivity index (χ0v) is 21.9. The van der Waals surface area contributed by atoms with Crippen LogP contribution in [0.25, 0.3) is 16.0 Å². The summed E-state index contributed by atoms with van der Waals surface area (Å²) in [5.74, 6) is -3.19. The van der Waals surface area contributed by atoms with E-state index >= 15 is 0 Å². The molecule has 2 heterocycles. The highest BCUT2D eigenvalue weighted by molar-refractivity contribution is 7.22. The molecule has 1 N–H and O–H groups in total. The molecule has 1 unspecified atom stereocenters. The van der Waals surface area contributed by atoms with Gasteiger partial charge in [-0.15, -0.1) is 0 Å². The van der Waals surface area contributed by atoms with Crippen molar-refractivity contribution in [2.24, 2.45) is 0 Å². The van der Waals surface area contributed by atoms with Gasteiger partial charge in [0.2, 0.25) is 0 Å². The lowest BCUT2D eigenvalue weighted by Crippen LogP contribution is -2.29. The Hall–Kier alpha value is -4.11. The summed E-state index contributed by atoms with van der Waals surface area (Å²) in [5, 5.41) is 11.4. The van der Waals surface area contributed by atoms with Crippen molar-refractivity contribution in [2.75, 3.05) is 4.90 Å². The number of thiazole rings is 1. The number of carbonyl (C=O) groups is 2. The largest absolute Gasteiger partial charge is 0.507 e. The van der Waals surface area contributed by atoms with Crippen LogP contribution in [0.4, 0.5) is 13.9 Å². The van der Waals surface area contributed by atoms with Gasteiger partial charge in [-0.05, 0) is 63.1 Å². The Kier molecular flexibility index (Phi) is 6.48. The molecule has 5 rings (SSSR count). The number of ether oxygens (including phenoxy) is 1. The van der Waals surface area contributed by atoms with E-state index in [1.165, 1.54) is 0 Å². The average Bonchev–Trinajstić information content (AvgIpc) is 3.38. The summed E-state index contributed by atoms with van der Waals surface area (Å²) in [4.78, 5) is 32.2. The number of aryl methyl sites for hydroxylation is 2. The second kappa shape index (κ2) is 9.64. The number of benzene rings is 3. The number of anilines is 1. The lowest BCUT2D eigenvalue weighted by Gasteiger charge is -2.23. The summed E-state index contributed by atoms with van der Waals surface area (Å²) >= 11 is 0.892. The van der Waals surface area contributed by atoms with Crippen molar-refractivity contribution in [2.45, 2.75) is 39.8 Å². The van der Waals surface area contributed by atoms with Crippen LogP contribution in [0.2, 0.25) is 0 Å². The third-order valence-electron chi connectivity index (χ3n) is 6.22. The molecule has 0 aliphatic carbocycles. The number of ketones is 1. The molecule has 3 aromatic carbocycles. The number of rotatable bonds is 5. The molecule has 6 nitrogen and oxygen atoms in total. The fourth-order valence-corrected chi connectivity index (χ4v) is 5.60. The van der Waals surface area contributed by atoms with E-state index in [0.29, 0.717) is 22.9 Å². The van der Waals surface area contributed by atoms with Gasteiger partial charge >= 0.3 is 5.91 Å². The van der Waals surface area contributed by atoms with Crippen LogP contribution in [0.1, 0.15) is 42.1 Å². The van der Waals surface area contributed by atoms with Crippen molar-refractivity contribution in [3.63, 3.8) is 0 Å². The van der Waals surface area contributed by atoms with Crippen LogP contribution in [0.3, 0.4) is 0 Å². The van der Waals surface area contributed by atoms with Crippen molar-refractivity contribution in [1.82, 2.24) is 4.98 Å². The molecule has 1 fully saturated rings. The van der Waals surface area contributed by atoms with E-state index in [4.69, 9.17) is 4.74 Å². The van der Waals surface area contributed by atoms with Gasteiger partial charge in [-0.2, -0.15) is 0 Å². The summed E-state index contributed by atoms with van der Waals surface area (Å²) in [5.41, 5.74) is 2.29. The maximum atomic E-state index is 14.4. The van der Waals surface area contributed by atoms with Gasteiger partial charge in [0, 0.05) is 11.6 Å². The summed E-state index contributed by atoms with van der Waals surface area (Å²) in [6.07, 6.45) is -0.0492. The SMILES string of the molecule is Cc1cccc(C2/C(=C(\O)c3ccc(OC(C)C)c(C)c3)C(=O)C(=O)N2c2nc3c(F)cc(F)cc3s2)c1. The Labute approximate surface area is 221 Å². The monoisotopic (exact) mass is 534 g/mol. The molecule has 0 radical (unpaired) electrons. The number of amides is 1. The van der Waals surface area contributed by atoms with Crippen LogP contribution < -0.4 is 9.64 Å². The Morgan fingerprint density at radius 1 is 1.08 bits per heavy atom. The number of aliphatic hydroxyl groups is 1. The summed E-state index contributed by atoms with van der Waals surface area (Å²) in [6, 6.07) is 13.0. The van der Waals surface area contributed by atoms with Crippen molar-refractivity contribution in [1.29, 1.82) is 0 Å². The van der Waals surface area contributed by atoms with Gasteiger partial charge < -0.3 is 9.84 Å². The van der Waals surface area contributed by atoms with E-state index in [1.807, 2.05) is 33.8 Å². The number of hydrogen-bond donors (Lipinski definition) is 1. The molecular formula is C29H24F2N2O4S. The smallest absolute Gasteiger partial charge is 0.301 e. The van der Waals surface area contributed by atoms with E-state index in [0.717, 1.165) is 33.4 Å². The normalized spacial score (nSPS) is 17.1. The second-order valence-corrected chi connectivity index (χ2v) is 10.5. The van der Waals surface area contributed by atoms with E-state index in [9.17, 15) is 23.5 Å². The highest BCUT2D eigenvalue weighted by atomic mass is 32.1. The molecule has 1 saturated heterocycles. The van der Waals surface area contributed by atoms with Crippen LogP contribution in [0.15, 0.2) is 60.2 Å². The summed E-state index contributed by atoms with van der Waals surface area (Å²) < 4.78 is 34.3. The molecule has 0 saturated carbocycles. The Bertz CT molecular complexity index is 1640. The van der Waals surface area contributed by atoms with E-state index in [-0.39, 0.29) is 32.8 Å². The maximum absolute atomic E-state index is 14.4. The molecule has 194 valence electrons. The van der Waals surface area contributed by atoms with Crippen LogP contribution >= 0.6 is 11.3 Å². The number of Topliss-reactive ketones (excluding diaryl/α,β-unsaturated/α-hetero) is 1. The molecule has 9 heteroatoms. The summed E-state index contributed by atoms with van der Waals surface area (Å²) in [7, 11) is 0. The molecule has 1 aromatic heterocycles. The third-order valence-corrected chi connectivity index (χ3v) is 7.22. The van der Waals surface area contributed by atoms with Gasteiger partial charge in [0.25, 0.3) is 5.78 Å². The van der Waals surface area contributed by atoms with Gasteiger partial charge in [-0.25, -0.2) is 13.8 Å². The first-order valence-corrected chi connectivity index (χ1v) is 12.8. The van der Waals surface area contributed by atoms with E-state index < -0.39 is 29.4 Å². The quantitative estimate of drug-likeness (QED) is 0.177. The van der Waals surface area contributed by atoms with Crippen LogP contribution in [-0.2, 0) is 9.59 Å². The lowest BCUT2D eigenvalue weighted by atomic mass is 9.94. The van der Waals surface area contributed by atoms with Crippen molar-refractivity contribution < 1.29 is 28.2 Å². The van der Waals surface area contributed by atoms with Crippen LogP contribution in [0, 0.1) is 25.5 Å². The number of carbonyl (C=O) groups excluding carboxylic acids is 2. The number of nitrogens with zero attached hydrogens (tertiary/aromatic N) is 2. The molecule has 0 spiro atoms. The molecule has 1 atom stereocenters. The minimum absolute atomic E-state index is 0.0222. The zero-order valence-electron chi connectivity index (χ0n) is 21.1. The van der Waals surface area contributed by atoms with Crippen LogP contribution in [0.5, 0.6) is 5.75 Å². The first-order chi connectivity index (χ1) is 18.0. The number of aliphatic hydroxyl groups excluding tert-OH is 1. The van der Waals surface area contributed by atoms with Crippen LogP contribution in [-0.4, -0.2) is 27.9 Å². The Morgan fingerprint density at radius 3 is 2.53 bits per heavy atom. The predicted molar refractivity (Wildman–Crippen MR) is 142 cm³/mol. The molecule has 1 aliphatic heterocycles. The average molecular weight is 535 g/mol. The molecule has 4 aromatic rings. The number of halogens is 2. The third kappa shape index (κ3) is 4.43. The standard InChI is InChI=1S/C29H24F2N2O4S/c1-14(2)37-21-9-8-18(11-16(21)4)26(34)23-25(17-7-5-6-15(3)10-17)33(28(36)27(23)35)29-32-24-20(31)12-19(30)13-22(24)38-29/h5-14,25,34H,1-4H3/b26-23+. The predicted octanol–water partition coefficient (Wildman–Crippen LogP) is 6.60. The highest BCUT2D eigenvalue weighted by Crippen LogP contribution is 2.45. The highest BCUT2D eigenvalue weighted by Gasteiger charge is 2.48. The van der Waals surface area contributed by atoms with Gasteiger partial charge in [0.15, 0.2) is 10.9 Å². The first-order valence-electron chi connectivity index (χ1n) is 12.0. The molecule has 1 aliphatic rings. The van der Waals surface area contributed by atoms with Crippen molar-refractivity contribution >= 4 is 44.1 Å². The first kappa shape index (κ1) is 25.5. The molecule has 0 bridgehead atoms. The molecular weight excluding hydrogens is 510 g/mol. The Balaban J connectivity index is 1.70. The van der Waals surface area contributed by atoms with Gasteiger partial charge in [0.05, 0.1) is 22.4 Å². The minimum Gasteiger partial charge on any atom is -0.507 e. The number of aromatic nitrogens is 1. The molecule has 1 amide bonds. The number of hydrogen-bond acceptors (Lipinski definition) is 6. The Morgan fingerprint density at radius 2 is 1.84 bits per heavy atom. The van der Waals surface area contributed by atoms with Gasteiger partial charge in [-0.3, -0.25) is 14.5 Å². The van der Waals surface area contributed by atoms with Gasteiger partial charge in [0.1, 0.15) is 22.8 Å². The van der Waals surface area contributed by atoms with E-state index in [1.54, 1.807) is 36.4 Å². The minimum atomic E-state index is -1.03. The second-order valence-electron chi connectivity index (χ2n) is 9.46. The maximum Gasteiger partial charge on any atom is 0.301 e. The van der Waals surface area contributed by atoms with Gasteiger partial charge in [-0.1, -0.05) is 41.2 Å². The topological polar surface area (TPSA) is 79.7 Å². The number of fused-ring (bicyclic) bond motifs is 1. The lowest BCUT2D eigenvalue weighted by molar-refractivity contribution is -0.132. The van der Waals surface area contributed by atoms with Crippen molar-refractivity contribution in [3.8, 4) is 5.75 Å². The fourth-order valence-electron chi connectivity index (χ4n) is 4.57. The van der Waals surface area contributed by atoms with E-state index in [2.05, 4.69) is 4.98 Å². The fraction of sp³-hybridized carbons (Fsp3) is 0.207.